The van der Waals surface area contributed by atoms with Gasteiger partial charge in [-0.2, -0.15) is 0 Å². The number of hydrogen-bond acceptors (Lipinski definition) is 4. The molecule has 4 aromatic rings. The van der Waals surface area contributed by atoms with E-state index in [2.05, 4.69) is 5.32 Å². The number of fused-ring (bicyclic) bond motifs is 1. The molecule has 5 nitrogen and oxygen atoms in total. The van der Waals surface area contributed by atoms with Crippen molar-refractivity contribution in [2.24, 2.45) is 0 Å². The first-order chi connectivity index (χ1) is 13.5. The lowest BCUT2D eigenvalue weighted by Crippen LogP contribution is -2.11. The summed E-state index contributed by atoms with van der Waals surface area (Å²) in [5.41, 5.74) is 3.07. The standard InChI is InChI=1S/C23H17NO4/c1-14-5-10-21-19(11-14)20(26)13-22(28-21)15-6-8-16(9-7-15)23(27)24-17-3-2-4-18(25)12-17/h2-13,25H,1H3,(H,24,27). The molecule has 0 fully saturated rings. The smallest absolute Gasteiger partial charge is 0.255 e. The van der Waals surface area contributed by atoms with Crippen LogP contribution < -0.4 is 10.7 Å². The minimum atomic E-state index is -0.299. The molecule has 2 N–H and O–H groups in total. The molecule has 0 aliphatic heterocycles. The van der Waals surface area contributed by atoms with Gasteiger partial charge in [0.2, 0.25) is 0 Å². The number of benzene rings is 3. The molecule has 1 amide bonds. The fourth-order valence-corrected chi connectivity index (χ4v) is 2.99. The summed E-state index contributed by atoms with van der Waals surface area (Å²) in [5, 5.41) is 12.8. The van der Waals surface area contributed by atoms with Gasteiger partial charge in [-0.3, -0.25) is 9.59 Å². The van der Waals surface area contributed by atoms with Crippen LogP contribution in [0.2, 0.25) is 0 Å². The van der Waals surface area contributed by atoms with E-state index >= 15 is 0 Å². The SMILES string of the molecule is Cc1ccc2oc(-c3ccc(C(=O)Nc4cccc(O)c4)cc3)cc(=O)c2c1. The minimum Gasteiger partial charge on any atom is -0.508 e. The Morgan fingerprint density at radius 2 is 1.75 bits per heavy atom. The largest absolute Gasteiger partial charge is 0.508 e. The van der Waals surface area contributed by atoms with Gasteiger partial charge in [0.15, 0.2) is 5.43 Å². The van der Waals surface area contributed by atoms with Crippen molar-refractivity contribution in [1.82, 2.24) is 0 Å². The van der Waals surface area contributed by atoms with Gasteiger partial charge in [-0.25, -0.2) is 0 Å². The zero-order valence-electron chi connectivity index (χ0n) is 15.1. The molecule has 0 aliphatic rings. The van der Waals surface area contributed by atoms with Gasteiger partial charge >= 0.3 is 0 Å². The lowest BCUT2D eigenvalue weighted by Gasteiger charge is -2.07. The van der Waals surface area contributed by atoms with Crippen molar-refractivity contribution in [1.29, 1.82) is 0 Å². The minimum absolute atomic E-state index is 0.0784. The first-order valence-electron chi connectivity index (χ1n) is 8.75. The summed E-state index contributed by atoms with van der Waals surface area (Å²) in [4.78, 5) is 24.8. The number of phenols is 1. The number of nitrogens with one attached hydrogen (secondary N) is 1. The van der Waals surface area contributed by atoms with Gasteiger partial charge in [-0.15, -0.1) is 0 Å². The summed E-state index contributed by atoms with van der Waals surface area (Å²) in [6.45, 7) is 1.92. The number of anilines is 1. The van der Waals surface area contributed by atoms with Gasteiger partial charge < -0.3 is 14.8 Å². The highest BCUT2D eigenvalue weighted by Gasteiger charge is 2.10. The maximum absolute atomic E-state index is 12.4. The van der Waals surface area contributed by atoms with Crippen LogP contribution in [-0.4, -0.2) is 11.0 Å². The molecular formula is C23H17NO4. The monoisotopic (exact) mass is 371 g/mol. The third-order valence-corrected chi connectivity index (χ3v) is 4.42. The Bertz CT molecular complexity index is 1240. The van der Waals surface area contributed by atoms with Crippen molar-refractivity contribution in [3.05, 3.63) is 94.1 Å². The molecule has 5 heteroatoms. The number of aryl methyl sites for hydroxylation is 1. The summed E-state index contributed by atoms with van der Waals surface area (Å²) >= 11 is 0. The van der Waals surface area contributed by atoms with Crippen molar-refractivity contribution >= 4 is 22.6 Å². The second-order valence-corrected chi connectivity index (χ2v) is 6.56. The predicted octanol–water partition coefficient (Wildman–Crippen LogP) is 4.73. The molecule has 28 heavy (non-hydrogen) atoms. The van der Waals surface area contributed by atoms with E-state index in [1.807, 2.05) is 13.0 Å². The van der Waals surface area contributed by atoms with Gasteiger partial charge in [0.1, 0.15) is 17.1 Å². The third-order valence-electron chi connectivity index (χ3n) is 4.42. The van der Waals surface area contributed by atoms with E-state index in [9.17, 15) is 14.7 Å². The van der Waals surface area contributed by atoms with E-state index in [1.165, 1.54) is 18.2 Å². The highest BCUT2D eigenvalue weighted by atomic mass is 16.3. The Hall–Kier alpha value is -3.86. The molecular weight excluding hydrogens is 354 g/mol. The Morgan fingerprint density at radius 1 is 0.964 bits per heavy atom. The van der Waals surface area contributed by atoms with Crippen molar-refractivity contribution in [2.45, 2.75) is 6.92 Å². The molecule has 0 aliphatic carbocycles. The number of amides is 1. The summed E-state index contributed by atoms with van der Waals surface area (Å²) < 4.78 is 5.86. The highest BCUT2D eigenvalue weighted by molar-refractivity contribution is 6.04. The van der Waals surface area contributed by atoms with Gasteiger partial charge in [-0.1, -0.05) is 29.8 Å². The van der Waals surface area contributed by atoms with Crippen molar-refractivity contribution in [3.8, 4) is 17.1 Å². The summed E-state index contributed by atoms with van der Waals surface area (Å²) in [5.74, 6) is 0.226. The second kappa shape index (κ2) is 7.04. The van der Waals surface area contributed by atoms with E-state index in [-0.39, 0.29) is 17.1 Å². The molecule has 4 rings (SSSR count). The zero-order valence-corrected chi connectivity index (χ0v) is 15.1. The number of phenolic OH excluding ortho intramolecular Hbond substituents is 1. The van der Waals surface area contributed by atoms with Crippen LogP contribution in [0, 0.1) is 6.92 Å². The van der Waals surface area contributed by atoms with Crippen LogP contribution in [0.15, 0.2) is 82.0 Å². The van der Waals surface area contributed by atoms with Crippen LogP contribution in [0.25, 0.3) is 22.3 Å². The quantitative estimate of drug-likeness (QED) is 0.546. The first kappa shape index (κ1) is 17.5. The fourth-order valence-electron chi connectivity index (χ4n) is 2.99. The number of carbonyl (C=O) groups is 1. The number of carbonyl (C=O) groups excluding carboxylic acids is 1. The Morgan fingerprint density at radius 3 is 2.50 bits per heavy atom. The molecule has 3 aromatic carbocycles. The van der Waals surface area contributed by atoms with Crippen LogP contribution >= 0.6 is 0 Å². The molecule has 0 bridgehead atoms. The van der Waals surface area contributed by atoms with Crippen LogP contribution in [0.5, 0.6) is 5.75 Å². The molecule has 0 saturated heterocycles. The van der Waals surface area contributed by atoms with E-state index in [4.69, 9.17) is 4.42 Å². The first-order valence-corrected chi connectivity index (χ1v) is 8.75. The average Bonchev–Trinajstić information content (AvgIpc) is 2.68. The molecule has 138 valence electrons. The van der Waals surface area contributed by atoms with E-state index in [1.54, 1.807) is 48.5 Å². The molecule has 0 radical (unpaired) electrons. The van der Waals surface area contributed by atoms with E-state index < -0.39 is 0 Å². The lowest BCUT2D eigenvalue weighted by molar-refractivity contribution is 0.102. The van der Waals surface area contributed by atoms with Crippen molar-refractivity contribution in [3.63, 3.8) is 0 Å². The number of hydrogen-bond donors (Lipinski definition) is 2. The molecule has 0 saturated carbocycles. The van der Waals surface area contributed by atoms with Gasteiger partial charge in [0, 0.05) is 28.9 Å². The maximum atomic E-state index is 12.4. The van der Waals surface area contributed by atoms with E-state index in [0.29, 0.717) is 33.5 Å². The highest BCUT2D eigenvalue weighted by Crippen LogP contribution is 2.23. The fraction of sp³-hybridized carbons (Fsp3) is 0.0435. The molecule has 1 aromatic heterocycles. The summed E-state index contributed by atoms with van der Waals surface area (Å²) in [7, 11) is 0. The molecule has 0 atom stereocenters. The van der Waals surface area contributed by atoms with Gasteiger partial charge in [0.05, 0.1) is 5.39 Å². The Kier molecular flexibility index (Phi) is 4.41. The maximum Gasteiger partial charge on any atom is 0.255 e. The Labute approximate surface area is 160 Å². The summed E-state index contributed by atoms with van der Waals surface area (Å²) in [6, 6.07) is 20.1. The molecule has 0 spiro atoms. The predicted molar refractivity (Wildman–Crippen MR) is 109 cm³/mol. The molecule has 1 heterocycles. The molecule has 0 unspecified atom stereocenters. The summed E-state index contributed by atoms with van der Waals surface area (Å²) in [6.07, 6.45) is 0. The number of rotatable bonds is 3. The van der Waals surface area contributed by atoms with Gasteiger partial charge in [-0.05, 0) is 43.3 Å². The van der Waals surface area contributed by atoms with Crippen LogP contribution in [0.1, 0.15) is 15.9 Å². The number of aromatic hydroxyl groups is 1. The topological polar surface area (TPSA) is 79.5 Å². The zero-order chi connectivity index (χ0) is 19.7. The van der Waals surface area contributed by atoms with E-state index in [0.717, 1.165) is 5.56 Å². The Balaban J connectivity index is 1.61. The van der Waals surface area contributed by atoms with Crippen LogP contribution in [0.3, 0.4) is 0 Å². The normalized spacial score (nSPS) is 10.8. The van der Waals surface area contributed by atoms with Crippen molar-refractivity contribution < 1.29 is 14.3 Å². The van der Waals surface area contributed by atoms with Crippen LogP contribution in [-0.2, 0) is 0 Å². The lowest BCUT2D eigenvalue weighted by atomic mass is 10.1. The van der Waals surface area contributed by atoms with Crippen molar-refractivity contribution in [2.75, 3.05) is 5.32 Å². The van der Waals surface area contributed by atoms with Crippen LogP contribution in [0.4, 0.5) is 5.69 Å². The van der Waals surface area contributed by atoms with Gasteiger partial charge in [0.25, 0.3) is 5.91 Å². The second-order valence-electron chi connectivity index (χ2n) is 6.56. The average molecular weight is 371 g/mol. The third kappa shape index (κ3) is 3.50.